The van der Waals surface area contributed by atoms with E-state index in [0.717, 1.165) is 42.3 Å². The quantitative estimate of drug-likeness (QED) is 0.295. The van der Waals surface area contributed by atoms with E-state index in [9.17, 15) is 0 Å². The lowest BCUT2D eigenvalue weighted by Gasteiger charge is -2.11. The number of halogens is 1. The molecule has 2 aromatic heterocycles. The summed E-state index contributed by atoms with van der Waals surface area (Å²) < 4.78 is 10.9. The fourth-order valence-electron chi connectivity index (χ4n) is 2.72. The summed E-state index contributed by atoms with van der Waals surface area (Å²) in [6.07, 6.45) is 4.38. The molecule has 0 bridgehead atoms. The molecule has 2 N–H and O–H groups in total. The summed E-state index contributed by atoms with van der Waals surface area (Å²) >= 11 is 5.82. The molecular weight excluding hydrogens is 414 g/mol. The Morgan fingerprint density at radius 3 is 2.32 bits per heavy atom. The second-order valence-electron chi connectivity index (χ2n) is 6.64. The van der Waals surface area contributed by atoms with Crippen molar-refractivity contribution in [2.45, 2.75) is 19.9 Å². The van der Waals surface area contributed by atoms with E-state index in [4.69, 9.17) is 21.1 Å². The minimum absolute atomic E-state index is 0.501. The van der Waals surface area contributed by atoms with Gasteiger partial charge >= 0.3 is 0 Å². The first-order chi connectivity index (χ1) is 15.2. The van der Waals surface area contributed by atoms with Gasteiger partial charge in [0, 0.05) is 31.5 Å². The summed E-state index contributed by atoms with van der Waals surface area (Å²) in [6, 6.07) is 14.9. The van der Waals surface area contributed by atoms with Crippen LogP contribution >= 0.6 is 11.6 Å². The molecule has 8 heteroatoms. The van der Waals surface area contributed by atoms with Crippen molar-refractivity contribution in [2.24, 2.45) is 4.99 Å². The van der Waals surface area contributed by atoms with Crippen molar-refractivity contribution in [3.63, 3.8) is 0 Å². The molecule has 0 aliphatic heterocycles. The van der Waals surface area contributed by atoms with E-state index >= 15 is 0 Å². The first-order valence-electron chi connectivity index (χ1n) is 10.1. The standard InChI is InChI=1S/C23H26ClN5O2/c1-3-25-23(26-13-12-17-4-10-21(24)27-14-17)29-16-18-5-11-22(28-15-18)31-20-8-6-19(30-2)7-9-20/h4-11,14-15H,3,12-13,16H2,1-2H3,(H2,25,26,29). The molecule has 31 heavy (non-hydrogen) atoms. The summed E-state index contributed by atoms with van der Waals surface area (Å²) in [5, 5.41) is 7.08. The number of methoxy groups -OCH3 is 1. The molecule has 0 spiro atoms. The number of guanidine groups is 1. The van der Waals surface area contributed by atoms with Gasteiger partial charge in [-0.05, 0) is 54.8 Å². The zero-order chi connectivity index (χ0) is 21.9. The lowest BCUT2D eigenvalue weighted by molar-refractivity contribution is 0.412. The lowest BCUT2D eigenvalue weighted by Crippen LogP contribution is -2.38. The lowest BCUT2D eigenvalue weighted by atomic mass is 10.2. The summed E-state index contributed by atoms with van der Waals surface area (Å²) in [4.78, 5) is 13.1. The van der Waals surface area contributed by atoms with Gasteiger partial charge in [0.15, 0.2) is 5.96 Å². The van der Waals surface area contributed by atoms with Crippen LogP contribution in [0, 0.1) is 0 Å². The smallest absolute Gasteiger partial charge is 0.219 e. The van der Waals surface area contributed by atoms with Gasteiger partial charge in [0.1, 0.15) is 16.7 Å². The summed E-state index contributed by atoms with van der Waals surface area (Å²) in [7, 11) is 1.63. The highest BCUT2D eigenvalue weighted by molar-refractivity contribution is 6.29. The second-order valence-corrected chi connectivity index (χ2v) is 7.03. The number of aromatic nitrogens is 2. The highest BCUT2D eigenvalue weighted by Crippen LogP contribution is 2.22. The Hall–Kier alpha value is -3.32. The molecule has 0 fully saturated rings. The van der Waals surface area contributed by atoms with Crippen LogP contribution in [0.4, 0.5) is 0 Å². The Labute approximate surface area is 187 Å². The number of ether oxygens (including phenoxy) is 2. The van der Waals surface area contributed by atoms with E-state index < -0.39 is 0 Å². The first-order valence-corrected chi connectivity index (χ1v) is 10.4. The molecule has 0 aliphatic rings. The van der Waals surface area contributed by atoms with Crippen LogP contribution in [0.5, 0.6) is 17.4 Å². The number of aliphatic imine (C=N–C) groups is 1. The van der Waals surface area contributed by atoms with E-state index in [1.54, 1.807) is 25.6 Å². The zero-order valence-electron chi connectivity index (χ0n) is 17.6. The van der Waals surface area contributed by atoms with Gasteiger partial charge in [-0.25, -0.2) is 15.0 Å². The van der Waals surface area contributed by atoms with E-state index in [-0.39, 0.29) is 0 Å². The van der Waals surface area contributed by atoms with Crippen molar-refractivity contribution >= 4 is 17.6 Å². The molecule has 162 valence electrons. The molecular formula is C23H26ClN5O2. The Morgan fingerprint density at radius 1 is 0.935 bits per heavy atom. The summed E-state index contributed by atoms with van der Waals surface area (Å²) in [5.41, 5.74) is 2.10. The zero-order valence-corrected chi connectivity index (χ0v) is 18.4. The van der Waals surface area contributed by atoms with Gasteiger partial charge in [-0.3, -0.25) is 0 Å². The monoisotopic (exact) mass is 439 g/mol. The van der Waals surface area contributed by atoms with Gasteiger partial charge in [0.05, 0.1) is 13.7 Å². The molecule has 0 saturated heterocycles. The van der Waals surface area contributed by atoms with Crippen molar-refractivity contribution in [3.8, 4) is 17.4 Å². The van der Waals surface area contributed by atoms with Crippen LogP contribution in [-0.2, 0) is 13.0 Å². The van der Waals surface area contributed by atoms with Gasteiger partial charge in [-0.2, -0.15) is 0 Å². The maximum Gasteiger partial charge on any atom is 0.219 e. The first kappa shape index (κ1) is 22.4. The van der Waals surface area contributed by atoms with Crippen LogP contribution in [0.1, 0.15) is 18.1 Å². The minimum Gasteiger partial charge on any atom is -0.497 e. The van der Waals surface area contributed by atoms with Gasteiger partial charge in [0.2, 0.25) is 5.88 Å². The SMILES string of the molecule is CCNC(=NCc1ccc(Oc2ccc(OC)cc2)nc1)NCCc1ccc(Cl)nc1. The number of pyridine rings is 2. The molecule has 0 unspecified atom stereocenters. The van der Waals surface area contributed by atoms with Gasteiger partial charge in [-0.15, -0.1) is 0 Å². The largest absolute Gasteiger partial charge is 0.497 e. The number of hydrogen-bond acceptors (Lipinski definition) is 5. The van der Waals surface area contributed by atoms with Crippen LogP contribution in [0.2, 0.25) is 5.15 Å². The molecule has 0 saturated carbocycles. The predicted molar refractivity (Wildman–Crippen MR) is 123 cm³/mol. The van der Waals surface area contributed by atoms with Crippen LogP contribution in [0.15, 0.2) is 65.9 Å². The van der Waals surface area contributed by atoms with Crippen molar-refractivity contribution in [1.82, 2.24) is 20.6 Å². The fourth-order valence-corrected chi connectivity index (χ4v) is 2.83. The third-order valence-electron chi connectivity index (χ3n) is 4.34. The normalized spacial score (nSPS) is 11.1. The van der Waals surface area contributed by atoms with Gasteiger partial charge in [-0.1, -0.05) is 23.7 Å². The van der Waals surface area contributed by atoms with Crippen LogP contribution in [0.3, 0.4) is 0 Å². The van der Waals surface area contributed by atoms with Crippen LogP contribution in [0.25, 0.3) is 0 Å². The third kappa shape index (κ3) is 7.46. The number of nitrogens with zero attached hydrogens (tertiary/aromatic N) is 3. The molecule has 0 atom stereocenters. The summed E-state index contributed by atoms with van der Waals surface area (Å²) in [6.45, 7) is 4.06. The van der Waals surface area contributed by atoms with E-state index in [0.29, 0.717) is 23.3 Å². The molecule has 3 rings (SSSR count). The van der Waals surface area contributed by atoms with E-state index in [1.807, 2.05) is 49.4 Å². The minimum atomic E-state index is 0.501. The van der Waals surface area contributed by atoms with E-state index in [2.05, 4.69) is 25.6 Å². The molecule has 0 radical (unpaired) electrons. The highest BCUT2D eigenvalue weighted by atomic mass is 35.5. The Kier molecular flexibility index (Phi) is 8.48. The predicted octanol–water partition coefficient (Wildman–Crippen LogP) is 4.23. The molecule has 0 aliphatic carbocycles. The number of nitrogens with one attached hydrogen (secondary N) is 2. The third-order valence-corrected chi connectivity index (χ3v) is 4.56. The maximum atomic E-state index is 5.82. The van der Waals surface area contributed by atoms with Crippen molar-refractivity contribution in [2.75, 3.05) is 20.2 Å². The molecule has 2 heterocycles. The fraction of sp³-hybridized carbons (Fsp3) is 0.261. The second kappa shape index (κ2) is 11.8. The summed E-state index contributed by atoms with van der Waals surface area (Å²) in [5.74, 6) is 2.76. The topological polar surface area (TPSA) is 80.7 Å². The van der Waals surface area contributed by atoms with Gasteiger partial charge < -0.3 is 20.1 Å². The average Bonchev–Trinajstić information content (AvgIpc) is 2.80. The van der Waals surface area contributed by atoms with Crippen molar-refractivity contribution in [3.05, 3.63) is 77.2 Å². The van der Waals surface area contributed by atoms with Crippen molar-refractivity contribution in [1.29, 1.82) is 0 Å². The van der Waals surface area contributed by atoms with Gasteiger partial charge in [0.25, 0.3) is 0 Å². The van der Waals surface area contributed by atoms with Crippen LogP contribution in [-0.4, -0.2) is 36.1 Å². The average molecular weight is 440 g/mol. The highest BCUT2D eigenvalue weighted by Gasteiger charge is 2.02. The molecule has 7 nitrogen and oxygen atoms in total. The number of hydrogen-bond donors (Lipinski definition) is 2. The maximum absolute atomic E-state index is 5.82. The Balaban J connectivity index is 1.51. The molecule has 3 aromatic rings. The number of benzene rings is 1. The molecule has 1 aromatic carbocycles. The van der Waals surface area contributed by atoms with E-state index in [1.165, 1.54) is 0 Å². The number of rotatable bonds is 9. The van der Waals surface area contributed by atoms with Crippen LogP contribution < -0.4 is 20.1 Å². The molecule has 0 amide bonds. The van der Waals surface area contributed by atoms with Crippen molar-refractivity contribution < 1.29 is 9.47 Å². The Morgan fingerprint density at radius 2 is 1.68 bits per heavy atom. The Bertz CT molecular complexity index is 961.